The topological polar surface area (TPSA) is 86.3 Å². The molecule has 1 saturated carbocycles. The number of likely N-dealkylation sites (N-methyl/N-ethyl adjacent to an activating group) is 1. The summed E-state index contributed by atoms with van der Waals surface area (Å²) in [4.78, 5) is 26.6. The van der Waals surface area contributed by atoms with Crippen molar-refractivity contribution >= 4 is 23.4 Å². The van der Waals surface area contributed by atoms with E-state index < -0.39 is 0 Å². The smallest absolute Gasteiger partial charge is 0.267 e. The molecular formula is C24H26N6O. The Morgan fingerprint density at radius 3 is 2.58 bits per heavy atom. The van der Waals surface area contributed by atoms with E-state index in [1.807, 2.05) is 48.5 Å². The fourth-order valence-electron chi connectivity index (χ4n) is 4.61. The molecule has 7 nitrogen and oxygen atoms in total. The number of amidine groups is 1. The predicted octanol–water partition coefficient (Wildman–Crippen LogP) is 2.74. The lowest BCUT2D eigenvalue weighted by Crippen LogP contribution is -2.55. The van der Waals surface area contributed by atoms with Gasteiger partial charge >= 0.3 is 0 Å². The van der Waals surface area contributed by atoms with Crippen LogP contribution in [0.25, 0.3) is 0 Å². The largest absolute Gasteiger partial charge is 0.383 e. The van der Waals surface area contributed by atoms with Crippen molar-refractivity contribution in [2.45, 2.75) is 37.9 Å². The first-order valence-corrected chi connectivity index (χ1v) is 10.7. The van der Waals surface area contributed by atoms with E-state index in [-0.39, 0.29) is 23.8 Å². The average Bonchev–Trinajstić information content (AvgIpc) is 3.38. The molecule has 158 valence electrons. The van der Waals surface area contributed by atoms with Gasteiger partial charge < -0.3 is 11.1 Å². The lowest BCUT2D eigenvalue weighted by atomic mass is 10.1. The molecule has 0 unspecified atom stereocenters. The van der Waals surface area contributed by atoms with Gasteiger partial charge in [0.25, 0.3) is 5.91 Å². The van der Waals surface area contributed by atoms with E-state index in [1.54, 1.807) is 11.9 Å². The molecular weight excluding hydrogens is 388 g/mol. The van der Waals surface area contributed by atoms with Crippen LogP contribution >= 0.6 is 0 Å². The summed E-state index contributed by atoms with van der Waals surface area (Å²) in [7, 11) is 1.76. The second kappa shape index (κ2) is 7.91. The average molecular weight is 415 g/mol. The molecule has 0 radical (unpaired) electrons. The maximum Gasteiger partial charge on any atom is 0.267 e. The minimum Gasteiger partial charge on any atom is -0.383 e. The third-order valence-corrected chi connectivity index (χ3v) is 6.13. The van der Waals surface area contributed by atoms with E-state index in [0.29, 0.717) is 29.6 Å². The van der Waals surface area contributed by atoms with Crippen LogP contribution in [-0.4, -0.2) is 46.6 Å². The first-order chi connectivity index (χ1) is 15.1. The second-order valence-corrected chi connectivity index (χ2v) is 8.12. The highest BCUT2D eigenvalue weighted by Gasteiger charge is 2.48. The second-order valence-electron chi connectivity index (χ2n) is 8.12. The molecule has 2 aromatic carbocycles. The van der Waals surface area contributed by atoms with E-state index in [2.05, 4.69) is 27.3 Å². The molecule has 2 aliphatic heterocycles. The fourth-order valence-corrected chi connectivity index (χ4v) is 4.61. The Morgan fingerprint density at radius 2 is 1.84 bits per heavy atom. The number of carbonyl (C=O) groups is 1. The lowest BCUT2D eigenvalue weighted by molar-refractivity contribution is -0.123. The zero-order valence-corrected chi connectivity index (χ0v) is 17.5. The Morgan fingerprint density at radius 1 is 1.13 bits per heavy atom. The number of nitrogens with zero attached hydrogens (tertiary/aromatic N) is 4. The van der Waals surface area contributed by atoms with Crippen LogP contribution in [0, 0.1) is 0 Å². The number of amides is 1. The number of para-hydroxylation sites is 1. The van der Waals surface area contributed by atoms with Crippen LogP contribution in [0.5, 0.6) is 0 Å². The standard InChI is InChI=1S/C24H26N6O/c1-29-23(31)20(21(25)27-17-11-6-3-7-12-17)22(26-15-16-9-4-2-5-10-16)30-19-14-8-13-18(19)28-24(29)30/h2-7,9-12,18-19,26H,8,13-15H2,1H3,(H2,25,27)/t18-,19+/m1/s1. The molecule has 0 aromatic heterocycles. The molecule has 3 N–H and O–H groups in total. The zero-order valence-electron chi connectivity index (χ0n) is 17.5. The quantitative estimate of drug-likeness (QED) is 0.582. The molecule has 0 spiro atoms. The van der Waals surface area contributed by atoms with Crippen LogP contribution < -0.4 is 11.1 Å². The van der Waals surface area contributed by atoms with Crippen LogP contribution in [-0.2, 0) is 11.3 Å². The van der Waals surface area contributed by atoms with Gasteiger partial charge in [-0.3, -0.25) is 14.6 Å². The van der Waals surface area contributed by atoms with Crippen LogP contribution in [0.3, 0.4) is 0 Å². The molecule has 2 aromatic rings. The van der Waals surface area contributed by atoms with Crippen LogP contribution in [0.2, 0.25) is 0 Å². The third kappa shape index (κ3) is 3.46. The Kier molecular flexibility index (Phi) is 4.94. The summed E-state index contributed by atoms with van der Waals surface area (Å²) in [6.07, 6.45) is 3.22. The SMILES string of the molecule is CN1C(=O)C(C(N)=Nc2ccccc2)=C(NCc2ccccc2)N2C1=N[C@@H]1CCC[C@@H]12. The van der Waals surface area contributed by atoms with Gasteiger partial charge in [-0.25, -0.2) is 9.98 Å². The van der Waals surface area contributed by atoms with Crippen molar-refractivity contribution in [3.63, 3.8) is 0 Å². The predicted molar refractivity (Wildman–Crippen MR) is 122 cm³/mol. The third-order valence-electron chi connectivity index (χ3n) is 6.13. The van der Waals surface area contributed by atoms with Crippen molar-refractivity contribution in [3.8, 4) is 0 Å². The monoisotopic (exact) mass is 414 g/mol. The summed E-state index contributed by atoms with van der Waals surface area (Å²) in [5.74, 6) is 1.42. The zero-order chi connectivity index (χ0) is 21.4. The lowest BCUT2D eigenvalue weighted by Gasteiger charge is -2.38. The number of hydrogen-bond acceptors (Lipinski definition) is 5. The molecule has 1 fully saturated rings. The van der Waals surface area contributed by atoms with Crippen molar-refractivity contribution in [2.75, 3.05) is 7.05 Å². The fraction of sp³-hybridized carbons (Fsp3) is 0.292. The van der Waals surface area contributed by atoms with Crippen molar-refractivity contribution in [1.82, 2.24) is 15.1 Å². The summed E-state index contributed by atoms with van der Waals surface area (Å²) in [6.45, 7) is 0.580. The molecule has 1 amide bonds. The number of rotatable bonds is 5. The molecule has 2 heterocycles. The highest BCUT2D eigenvalue weighted by atomic mass is 16.2. The summed E-state index contributed by atoms with van der Waals surface area (Å²) in [5, 5.41) is 3.51. The summed E-state index contributed by atoms with van der Waals surface area (Å²) < 4.78 is 0. The molecule has 5 rings (SSSR count). The van der Waals surface area contributed by atoms with Gasteiger partial charge in [0, 0.05) is 13.6 Å². The maximum absolute atomic E-state index is 13.4. The van der Waals surface area contributed by atoms with E-state index in [4.69, 9.17) is 10.7 Å². The van der Waals surface area contributed by atoms with Gasteiger partial charge in [-0.05, 0) is 37.0 Å². The number of nitrogens with one attached hydrogen (secondary N) is 1. The van der Waals surface area contributed by atoms with Crippen LogP contribution in [0.15, 0.2) is 82.0 Å². The Labute approximate surface area is 182 Å². The van der Waals surface area contributed by atoms with E-state index in [0.717, 1.165) is 24.8 Å². The van der Waals surface area contributed by atoms with Crippen molar-refractivity contribution in [3.05, 3.63) is 77.6 Å². The number of aliphatic imine (C=N–C) groups is 2. The van der Waals surface area contributed by atoms with Crippen LogP contribution in [0.4, 0.5) is 5.69 Å². The van der Waals surface area contributed by atoms with Crippen molar-refractivity contribution in [2.24, 2.45) is 15.7 Å². The summed E-state index contributed by atoms with van der Waals surface area (Å²) in [5.41, 5.74) is 8.69. The number of nitrogens with two attached hydrogens (primary N) is 1. The molecule has 0 bridgehead atoms. The van der Waals surface area contributed by atoms with Gasteiger partial charge in [-0.2, -0.15) is 0 Å². The van der Waals surface area contributed by atoms with Crippen molar-refractivity contribution < 1.29 is 4.79 Å². The number of carbonyl (C=O) groups excluding carboxylic acids is 1. The van der Waals surface area contributed by atoms with Gasteiger partial charge in [-0.15, -0.1) is 0 Å². The molecule has 2 atom stereocenters. The van der Waals surface area contributed by atoms with Crippen molar-refractivity contribution in [1.29, 1.82) is 0 Å². The highest BCUT2D eigenvalue weighted by molar-refractivity contribution is 6.26. The number of fused-ring (bicyclic) bond motifs is 3. The first-order valence-electron chi connectivity index (χ1n) is 10.7. The van der Waals surface area contributed by atoms with Gasteiger partial charge in [0.05, 0.1) is 17.8 Å². The number of guanidine groups is 1. The summed E-state index contributed by atoms with van der Waals surface area (Å²) in [6, 6.07) is 20.0. The van der Waals surface area contributed by atoms with Gasteiger partial charge in [0.2, 0.25) is 5.96 Å². The molecule has 7 heteroatoms. The number of hydrogen-bond donors (Lipinski definition) is 2. The summed E-state index contributed by atoms with van der Waals surface area (Å²) >= 11 is 0. The normalized spacial score (nSPS) is 23.1. The van der Waals surface area contributed by atoms with Gasteiger partial charge in [0.1, 0.15) is 17.2 Å². The van der Waals surface area contributed by atoms with E-state index in [9.17, 15) is 4.79 Å². The Hall–Kier alpha value is -3.61. The Balaban J connectivity index is 1.59. The minimum absolute atomic E-state index is 0.192. The molecule has 0 saturated heterocycles. The van der Waals surface area contributed by atoms with E-state index in [1.165, 1.54) is 0 Å². The van der Waals surface area contributed by atoms with E-state index >= 15 is 0 Å². The highest BCUT2D eigenvalue weighted by Crippen LogP contribution is 2.38. The van der Waals surface area contributed by atoms with Crippen LogP contribution in [0.1, 0.15) is 24.8 Å². The molecule has 31 heavy (non-hydrogen) atoms. The maximum atomic E-state index is 13.4. The number of benzene rings is 2. The Bertz CT molecular complexity index is 1080. The molecule has 1 aliphatic carbocycles. The van der Waals surface area contributed by atoms with Gasteiger partial charge in [-0.1, -0.05) is 48.5 Å². The minimum atomic E-state index is -0.192. The van der Waals surface area contributed by atoms with Gasteiger partial charge in [0.15, 0.2) is 0 Å². The molecule has 3 aliphatic rings. The first kappa shape index (κ1) is 19.4.